The van der Waals surface area contributed by atoms with E-state index in [1.165, 1.54) is 0 Å². The van der Waals surface area contributed by atoms with Crippen molar-refractivity contribution in [1.29, 1.82) is 0 Å². The molecule has 0 unspecified atom stereocenters. The van der Waals surface area contributed by atoms with E-state index in [0.717, 1.165) is 47.8 Å². The summed E-state index contributed by atoms with van der Waals surface area (Å²) >= 11 is 1.58. The Kier molecular flexibility index (Phi) is 2.95. The van der Waals surface area contributed by atoms with E-state index in [9.17, 15) is 4.79 Å². The third kappa shape index (κ3) is 1.77. The fraction of sp³-hybridized carbons (Fsp3) is 0.417. The van der Waals surface area contributed by atoms with Crippen molar-refractivity contribution in [2.24, 2.45) is 0 Å². The van der Waals surface area contributed by atoms with Crippen LogP contribution in [0.15, 0.2) is 22.6 Å². The monoisotopic (exact) mass is 262 g/mol. The molecule has 1 aliphatic carbocycles. The second kappa shape index (κ2) is 4.61. The normalized spacial score (nSPS) is 14.7. The van der Waals surface area contributed by atoms with E-state index in [4.69, 9.17) is 0 Å². The molecule has 94 valence electrons. The van der Waals surface area contributed by atoms with Gasteiger partial charge in [0.25, 0.3) is 5.56 Å². The second-order valence-electron chi connectivity index (χ2n) is 4.33. The maximum Gasteiger partial charge on any atom is 0.255 e. The van der Waals surface area contributed by atoms with Crippen molar-refractivity contribution < 1.29 is 0 Å². The summed E-state index contributed by atoms with van der Waals surface area (Å²) in [7, 11) is 0. The molecule has 0 bridgehead atoms. The molecule has 6 heteroatoms. The number of aromatic nitrogens is 4. The zero-order valence-electron chi connectivity index (χ0n) is 9.98. The molecule has 0 aromatic carbocycles. The minimum Gasteiger partial charge on any atom is -0.290 e. The highest BCUT2D eigenvalue weighted by atomic mass is 32.2. The minimum atomic E-state index is -0.00938. The molecule has 1 aliphatic rings. The Balaban J connectivity index is 2.22. The molecule has 18 heavy (non-hydrogen) atoms. The number of H-pyrrole nitrogens is 1. The van der Waals surface area contributed by atoms with E-state index in [2.05, 4.69) is 21.8 Å². The smallest absolute Gasteiger partial charge is 0.255 e. The van der Waals surface area contributed by atoms with Crippen LogP contribution in [0, 0.1) is 0 Å². The van der Waals surface area contributed by atoms with Crippen LogP contribution < -0.4 is 5.56 Å². The van der Waals surface area contributed by atoms with E-state index in [1.807, 2.05) is 10.5 Å². The zero-order chi connectivity index (χ0) is 12.5. The highest BCUT2D eigenvalue weighted by Crippen LogP contribution is 2.23. The van der Waals surface area contributed by atoms with Crippen LogP contribution in [0.4, 0.5) is 0 Å². The molecule has 5 nitrogen and oxygen atoms in total. The zero-order valence-corrected chi connectivity index (χ0v) is 10.8. The molecule has 0 amide bonds. The Morgan fingerprint density at radius 2 is 2.22 bits per heavy atom. The van der Waals surface area contributed by atoms with E-state index in [-0.39, 0.29) is 5.56 Å². The van der Waals surface area contributed by atoms with Crippen molar-refractivity contribution in [3.05, 3.63) is 34.3 Å². The Labute approximate surface area is 108 Å². The quantitative estimate of drug-likeness (QED) is 0.673. The van der Waals surface area contributed by atoms with Gasteiger partial charge in [0.05, 0.1) is 0 Å². The van der Waals surface area contributed by atoms with Crippen molar-refractivity contribution in [2.45, 2.75) is 30.8 Å². The van der Waals surface area contributed by atoms with E-state index >= 15 is 0 Å². The van der Waals surface area contributed by atoms with E-state index in [1.54, 1.807) is 11.8 Å². The molecule has 0 radical (unpaired) electrons. The fourth-order valence-electron chi connectivity index (χ4n) is 2.38. The lowest BCUT2D eigenvalue weighted by atomic mass is 9.97. The molecule has 0 atom stereocenters. The fourth-order valence-corrected chi connectivity index (χ4v) is 3.07. The Hall–Kier alpha value is -1.56. The summed E-state index contributed by atoms with van der Waals surface area (Å²) in [6.45, 7) is 3.71. The third-order valence-corrected chi connectivity index (χ3v) is 4.10. The minimum absolute atomic E-state index is 0.00938. The van der Waals surface area contributed by atoms with Crippen molar-refractivity contribution in [2.75, 3.05) is 5.75 Å². The molecule has 0 aliphatic heterocycles. The largest absolute Gasteiger partial charge is 0.290 e. The summed E-state index contributed by atoms with van der Waals surface area (Å²) in [4.78, 5) is 14.8. The maximum atomic E-state index is 11.9. The molecule has 2 aromatic rings. The van der Waals surface area contributed by atoms with Gasteiger partial charge in [-0.1, -0.05) is 17.8 Å². The van der Waals surface area contributed by atoms with Gasteiger partial charge in [-0.25, -0.2) is 0 Å². The van der Waals surface area contributed by atoms with Crippen molar-refractivity contribution >= 4 is 17.5 Å². The summed E-state index contributed by atoms with van der Waals surface area (Å²) in [6, 6.07) is 0. The number of hydrogen-bond donors (Lipinski definition) is 1. The van der Waals surface area contributed by atoms with Crippen LogP contribution in [0.5, 0.6) is 0 Å². The van der Waals surface area contributed by atoms with Gasteiger partial charge in [-0.05, 0) is 25.7 Å². The summed E-state index contributed by atoms with van der Waals surface area (Å²) in [6.07, 6.45) is 5.82. The molecule has 2 heterocycles. The average molecular weight is 262 g/mol. The Morgan fingerprint density at radius 1 is 1.39 bits per heavy atom. The molecule has 0 fully saturated rings. The summed E-state index contributed by atoms with van der Waals surface area (Å²) in [5, 5.41) is 9.02. The van der Waals surface area contributed by atoms with Gasteiger partial charge in [-0.2, -0.15) is 0 Å². The van der Waals surface area contributed by atoms with Crippen LogP contribution in [0.1, 0.15) is 24.1 Å². The lowest BCUT2D eigenvalue weighted by Crippen LogP contribution is -2.22. The second-order valence-corrected chi connectivity index (χ2v) is 5.31. The van der Waals surface area contributed by atoms with Gasteiger partial charge in [-0.3, -0.25) is 14.2 Å². The number of rotatable bonds is 3. The Bertz CT molecular complexity index is 658. The van der Waals surface area contributed by atoms with Gasteiger partial charge in [-0.15, -0.1) is 16.8 Å². The molecule has 0 saturated carbocycles. The van der Waals surface area contributed by atoms with Gasteiger partial charge in [0.1, 0.15) is 0 Å². The van der Waals surface area contributed by atoms with E-state index < -0.39 is 0 Å². The van der Waals surface area contributed by atoms with Crippen LogP contribution in [0.2, 0.25) is 0 Å². The number of hydrogen-bond acceptors (Lipinski definition) is 4. The molecular formula is C12H14N4OS. The highest BCUT2D eigenvalue weighted by molar-refractivity contribution is 7.99. The third-order valence-electron chi connectivity index (χ3n) is 3.17. The topological polar surface area (TPSA) is 63.0 Å². The van der Waals surface area contributed by atoms with Crippen LogP contribution in [-0.2, 0) is 12.8 Å². The lowest BCUT2D eigenvalue weighted by Gasteiger charge is -2.16. The summed E-state index contributed by atoms with van der Waals surface area (Å²) < 4.78 is 1.99. The van der Waals surface area contributed by atoms with Crippen LogP contribution in [0.25, 0.3) is 5.78 Å². The van der Waals surface area contributed by atoms with Crippen molar-refractivity contribution in [1.82, 2.24) is 19.6 Å². The molecule has 1 N–H and O–H groups in total. The molecule has 0 spiro atoms. The number of fused-ring (bicyclic) bond motifs is 3. The lowest BCUT2D eigenvalue weighted by molar-refractivity contribution is 0.639. The molecule has 2 aromatic heterocycles. The predicted molar refractivity (Wildman–Crippen MR) is 71.2 cm³/mol. The van der Waals surface area contributed by atoms with Crippen LogP contribution >= 0.6 is 11.8 Å². The molecule has 3 rings (SSSR count). The highest BCUT2D eigenvalue weighted by Gasteiger charge is 2.19. The number of aromatic amines is 1. The maximum absolute atomic E-state index is 11.9. The van der Waals surface area contributed by atoms with Gasteiger partial charge < -0.3 is 0 Å². The number of nitrogens with one attached hydrogen (secondary N) is 1. The first-order valence-electron chi connectivity index (χ1n) is 6.04. The number of thioether (sulfide) groups is 1. The van der Waals surface area contributed by atoms with Crippen LogP contribution in [0.3, 0.4) is 0 Å². The summed E-state index contributed by atoms with van der Waals surface area (Å²) in [5.74, 6) is 1.33. The number of nitrogens with zero attached hydrogens (tertiary/aromatic N) is 3. The van der Waals surface area contributed by atoms with Crippen LogP contribution in [-0.4, -0.2) is 25.3 Å². The van der Waals surface area contributed by atoms with Gasteiger partial charge in [0.15, 0.2) is 5.16 Å². The Morgan fingerprint density at radius 3 is 3.06 bits per heavy atom. The van der Waals surface area contributed by atoms with Crippen molar-refractivity contribution in [3.63, 3.8) is 0 Å². The first kappa shape index (κ1) is 11.5. The summed E-state index contributed by atoms with van der Waals surface area (Å²) in [5.41, 5.74) is 1.97. The standard InChI is InChI=1S/C12H14N4OS/c1-2-7-18-12-15-14-11-13-10(17)8-5-3-4-6-9(8)16(11)12/h2H,1,3-7H2,(H,13,14,17). The average Bonchev–Trinajstić information content (AvgIpc) is 2.80. The van der Waals surface area contributed by atoms with Crippen molar-refractivity contribution in [3.8, 4) is 0 Å². The predicted octanol–water partition coefficient (Wildman–Crippen LogP) is 1.57. The van der Waals surface area contributed by atoms with Gasteiger partial charge in [0, 0.05) is 17.0 Å². The van der Waals surface area contributed by atoms with Gasteiger partial charge >= 0.3 is 0 Å². The van der Waals surface area contributed by atoms with Gasteiger partial charge in [0.2, 0.25) is 5.78 Å². The molecule has 0 saturated heterocycles. The molecular weight excluding hydrogens is 248 g/mol. The first-order valence-corrected chi connectivity index (χ1v) is 7.02. The number of aryl methyl sites for hydroxylation is 1. The first-order chi connectivity index (χ1) is 8.81. The van der Waals surface area contributed by atoms with E-state index in [0.29, 0.717) is 5.78 Å². The SMILES string of the molecule is C=CCSc1nnc2[nH]c(=O)c3c(n12)CCCC3.